The van der Waals surface area contributed by atoms with Gasteiger partial charge in [-0.2, -0.15) is 0 Å². The summed E-state index contributed by atoms with van der Waals surface area (Å²) in [6.45, 7) is 0. The number of rotatable bonds is 7. The largest absolute Gasteiger partial charge is 0.309 e. The number of fused-ring (bicyclic) bond motifs is 8. The van der Waals surface area contributed by atoms with Crippen LogP contribution in [0.1, 0.15) is 38.9 Å². The van der Waals surface area contributed by atoms with Crippen molar-refractivity contribution in [2.45, 2.75) is 5.41 Å². The zero-order chi connectivity index (χ0) is 43.6. The lowest BCUT2D eigenvalue weighted by Crippen LogP contribution is -2.29. The number of nitrogens with zero attached hydrogens (tertiary/aromatic N) is 1. The predicted molar refractivity (Wildman–Crippen MR) is 278 cm³/mol. The highest BCUT2D eigenvalue weighted by Crippen LogP contribution is 2.58. The summed E-state index contributed by atoms with van der Waals surface area (Å²) in [5.74, 6) is 0. The number of benzene rings is 11. The fourth-order valence-electron chi connectivity index (χ4n) is 11.2. The molecule has 11 aromatic carbocycles. The SMILES string of the molecule is C(=C(c1cccc(-c2ccc3c4ccccc4n(-c4cccc5c4C(c4ccccc4)(c4ccccc4)c4ccccc4-5)c3c2)c1)c1cccc2ccccc12)c1ccc2ccccc2c1. The van der Waals surface area contributed by atoms with Gasteiger partial charge >= 0.3 is 0 Å². The van der Waals surface area contributed by atoms with Crippen molar-refractivity contribution < 1.29 is 0 Å². The van der Waals surface area contributed by atoms with Crippen molar-refractivity contribution in [3.8, 4) is 27.9 Å². The van der Waals surface area contributed by atoms with Crippen molar-refractivity contribution in [1.82, 2.24) is 4.57 Å². The third-order valence-corrected chi connectivity index (χ3v) is 14.0. The Labute approximate surface area is 384 Å². The number of para-hydroxylation sites is 1. The van der Waals surface area contributed by atoms with E-state index < -0.39 is 5.41 Å². The summed E-state index contributed by atoms with van der Waals surface area (Å²) in [7, 11) is 0. The van der Waals surface area contributed by atoms with Gasteiger partial charge in [0.05, 0.1) is 22.1 Å². The molecule has 13 rings (SSSR count). The standard InChI is InChI=1S/C65H43N/c1-3-24-51(25-4-1)65(52-26-5-2-6-27-52)60-33-13-11-29-55(60)58-32-17-35-62(64(58)65)66-61-34-14-12-30-56(61)57-39-38-49(43-63(57)66)48-22-15-23-50(42-48)59(54-31-16-21-46-19-9-10-28-53(46)54)41-44-36-37-45-18-7-8-20-47(45)40-44/h1-43H. The van der Waals surface area contributed by atoms with Crippen molar-refractivity contribution in [2.75, 3.05) is 0 Å². The minimum absolute atomic E-state index is 0.552. The molecule has 1 aliphatic carbocycles. The maximum Gasteiger partial charge on any atom is 0.0734 e. The van der Waals surface area contributed by atoms with Gasteiger partial charge in [0.15, 0.2) is 0 Å². The summed E-state index contributed by atoms with van der Waals surface area (Å²) in [4.78, 5) is 0. The van der Waals surface area contributed by atoms with Crippen LogP contribution >= 0.6 is 0 Å². The van der Waals surface area contributed by atoms with Gasteiger partial charge in [-0.3, -0.25) is 0 Å². The summed E-state index contributed by atoms with van der Waals surface area (Å²) in [5, 5.41) is 7.42. The van der Waals surface area contributed by atoms with Crippen LogP contribution < -0.4 is 0 Å². The zero-order valence-corrected chi connectivity index (χ0v) is 36.3. The number of aromatic nitrogens is 1. The quantitative estimate of drug-likeness (QED) is 0.141. The fourth-order valence-corrected chi connectivity index (χ4v) is 11.2. The van der Waals surface area contributed by atoms with Crippen LogP contribution in [-0.2, 0) is 5.41 Å². The molecule has 0 atom stereocenters. The van der Waals surface area contributed by atoms with E-state index in [1.165, 1.54) is 116 Å². The third-order valence-electron chi connectivity index (χ3n) is 14.0. The Morgan fingerprint density at radius 3 is 1.83 bits per heavy atom. The smallest absolute Gasteiger partial charge is 0.0734 e. The summed E-state index contributed by atoms with van der Waals surface area (Å²) in [6, 6.07) is 94.2. The predicted octanol–water partition coefficient (Wildman–Crippen LogP) is 16.7. The Morgan fingerprint density at radius 2 is 1.00 bits per heavy atom. The summed E-state index contributed by atoms with van der Waals surface area (Å²) in [5.41, 5.74) is 17.8. The lowest BCUT2D eigenvalue weighted by atomic mass is 9.67. The molecule has 1 heteroatoms. The summed E-state index contributed by atoms with van der Waals surface area (Å²) >= 11 is 0. The Hall–Kier alpha value is -8.52. The average molecular weight is 838 g/mol. The van der Waals surface area contributed by atoms with Crippen molar-refractivity contribution in [3.05, 3.63) is 294 Å². The molecule has 66 heavy (non-hydrogen) atoms. The van der Waals surface area contributed by atoms with Gasteiger partial charge in [0, 0.05) is 16.3 Å². The minimum atomic E-state index is -0.552. The van der Waals surface area contributed by atoms with Crippen LogP contribution in [0.2, 0.25) is 0 Å². The van der Waals surface area contributed by atoms with E-state index in [-0.39, 0.29) is 0 Å². The van der Waals surface area contributed by atoms with E-state index in [2.05, 4.69) is 265 Å². The molecule has 0 saturated heterocycles. The lowest BCUT2D eigenvalue weighted by Gasteiger charge is -2.35. The molecule has 1 heterocycles. The van der Waals surface area contributed by atoms with E-state index in [1.54, 1.807) is 0 Å². The third kappa shape index (κ3) is 5.87. The molecule has 0 radical (unpaired) electrons. The highest BCUT2D eigenvalue weighted by Gasteiger charge is 2.48. The van der Waals surface area contributed by atoms with Gasteiger partial charge in [-0.1, -0.05) is 224 Å². The molecule has 1 aromatic heterocycles. The number of hydrogen-bond donors (Lipinski definition) is 0. The molecule has 0 saturated carbocycles. The van der Waals surface area contributed by atoms with Gasteiger partial charge in [-0.05, 0) is 119 Å². The molecule has 308 valence electrons. The molecule has 0 spiro atoms. The van der Waals surface area contributed by atoms with E-state index >= 15 is 0 Å². The van der Waals surface area contributed by atoms with Crippen LogP contribution in [0.5, 0.6) is 0 Å². The Balaban J connectivity index is 1.04. The van der Waals surface area contributed by atoms with Gasteiger partial charge in [0.2, 0.25) is 0 Å². The van der Waals surface area contributed by atoms with Crippen LogP contribution in [0.4, 0.5) is 0 Å². The second-order valence-corrected chi connectivity index (χ2v) is 17.6. The highest BCUT2D eigenvalue weighted by molar-refractivity contribution is 6.11. The zero-order valence-electron chi connectivity index (χ0n) is 36.3. The molecule has 0 fully saturated rings. The first kappa shape index (κ1) is 38.0. The molecule has 0 bridgehead atoms. The minimum Gasteiger partial charge on any atom is -0.309 e. The number of hydrogen-bond acceptors (Lipinski definition) is 0. The van der Waals surface area contributed by atoms with Crippen LogP contribution in [-0.4, -0.2) is 4.57 Å². The van der Waals surface area contributed by atoms with Gasteiger partial charge in [-0.15, -0.1) is 0 Å². The van der Waals surface area contributed by atoms with Crippen LogP contribution in [0.3, 0.4) is 0 Å². The first-order valence-corrected chi connectivity index (χ1v) is 22.9. The molecule has 0 aliphatic heterocycles. The molecule has 0 unspecified atom stereocenters. The summed E-state index contributed by atoms with van der Waals surface area (Å²) < 4.78 is 2.55. The second-order valence-electron chi connectivity index (χ2n) is 17.6. The maximum absolute atomic E-state index is 2.55. The van der Waals surface area contributed by atoms with E-state index in [9.17, 15) is 0 Å². The van der Waals surface area contributed by atoms with Crippen LogP contribution in [0.25, 0.3) is 82.9 Å². The van der Waals surface area contributed by atoms with Gasteiger partial charge in [0.25, 0.3) is 0 Å². The average Bonchev–Trinajstić information content (AvgIpc) is 3.89. The van der Waals surface area contributed by atoms with Crippen LogP contribution in [0.15, 0.2) is 255 Å². The van der Waals surface area contributed by atoms with E-state index in [4.69, 9.17) is 0 Å². The van der Waals surface area contributed by atoms with Crippen molar-refractivity contribution >= 4 is 55.0 Å². The van der Waals surface area contributed by atoms with Gasteiger partial charge in [-0.25, -0.2) is 0 Å². The van der Waals surface area contributed by atoms with E-state index in [0.29, 0.717) is 0 Å². The Bertz CT molecular complexity index is 3820. The lowest BCUT2D eigenvalue weighted by molar-refractivity contribution is 0.762. The van der Waals surface area contributed by atoms with Crippen molar-refractivity contribution in [1.29, 1.82) is 0 Å². The molecule has 1 nitrogen and oxygen atoms in total. The molecule has 12 aromatic rings. The van der Waals surface area contributed by atoms with E-state index in [1.807, 2.05) is 0 Å². The fraction of sp³-hybridized carbons (Fsp3) is 0.0154. The molecular weight excluding hydrogens is 795 g/mol. The van der Waals surface area contributed by atoms with E-state index in [0.717, 1.165) is 0 Å². The first-order chi connectivity index (χ1) is 32.7. The Morgan fingerprint density at radius 1 is 0.379 bits per heavy atom. The molecule has 1 aliphatic rings. The van der Waals surface area contributed by atoms with Crippen molar-refractivity contribution in [2.24, 2.45) is 0 Å². The van der Waals surface area contributed by atoms with Crippen molar-refractivity contribution in [3.63, 3.8) is 0 Å². The molecular formula is C65H43N. The summed E-state index contributed by atoms with van der Waals surface area (Å²) in [6.07, 6.45) is 2.37. The Kier molecular flexibility index (Phi) is 8.82. The second kappa shape index (κ2) is 15.3. The normalized spacial score (nSPS) is 13.1. The maximum atomic E-state index is 2.55. The topological polar surface area (TPSA) is 4.93 Å². The van der Waals surface area contributed by atoms with Gasteiger partial charge < -0.3 is 4.57 Å². The highest BCUT2D eigenvalue weighted by atomic mass is 15.0. The molecule has 0 amide bonds. The first-order valence-electron chi connectivity index (χ1n) is 22.9. The van der Waals surface area contributed by atoms with Gasteiger partial charge in [0.1, 0.15) is 0 Å². The van der Waals surface area contributed by atoms with Crippen LogP contribution in [0, 0.1) is 0 Å². The molecule has 0 N–H and O–H groups in total. The monoisotopic (exact) mass is 837 g/mol.